The topological polar surface area (TPSA) is 54.2 Å². The fourth-order valence-corrected chi connectivity index (χ4v) is 1.75. The molecule has 8 heteroatoms. The molecule has 2 rings (SSSR count). The molecule has 1 N–H and O–H groups in total. The molecule has 1 aromatic rings. The molecule has 1 saturated carbocycles. The van der Waals surface area contributed by atoms with Crippen molar-refractivity contribution in [3.05, 3.63) is 11.8 Å². The number of hydrogen-bond acceptors (Lipinski definition) is 5. The van der Waals surface area contributed by atoms with E-state index in [2.05, 4.69) is 15.5 Å². The molecular weight excluding hydrogens is 261 g/mol. The van der Waals surface area contributed by atoms with Crippen molar-refractivity contribution in [3.63, 3.8) is 0 Å². The van der Waals surface area contributed by atoms with Gasteiger partial charge < -0.3 is 9.73 Å². The van der Waals surface area contributed by atoms with E-state index in [1.54, 1.807) is 7.05 Å². The minimum atomic E-state index is -4.23. The van der Waals surface area contributed by atoms with Crippen LogP contribution < -0.4 is 5.32 Å². The molecule has 108 valence electrons. The molecule has 0 radical (unpaired) electrons. The van der Waals surface area contributed by atoms with Gasteiger partial charge in [0.1, 0.15) is 0 Å². The highest BCUT2D eigenvalue weighted by Crippen LogP contribution is 2.39. The van der Waals surface area contributed by atoms with Crippen molar-refractivity contribution in [1.82, 2.24) is 20.4 Å². The summed E-state index contributed by atoms with van der Waals surface area (Å²) in [5.74, 6) is 1.12. The highest BCUT2D eigenvalue weighted by molar-refractivity contribution is 5.00. The second-order valence-corrected chi connectivity index (χ2v) is 4.74. The first-order valence-corrected chi connectivity index (χ1v) is 6.24. The van der Waals surface area contributed by atoms with Gasteiger partial charge in [0.25, 0.3) is 0 Å². The maximum Gasteiger partial charge on any atom is 0.401 e. The number of alkyl halides is 3. The van der Waals surface area contributed by atoms with Gasteiger partial charge in [-0.1, -0.05) is 0 Å². The average molecular weight is 278 g/mol. The predicted octanol–water partition coefficient (Wildman–Crippen LogP) is 1.53. The molecule has 0 atom stereocenters. The number of rotatable bonds is 7. The number of aromatic nitrogens is 2. The largest absolute Gasteiger partial charge is 0.424 e. The maximum absolute atomic E-state index is 12.5. The Kier molecular flexibility index (Phi) is 4.41. The molecule has 0 aliphatic heterocycles. The summed E-state index contributed by atoms with van der Waals surface area (Å²) in [7, 11) is 1.70. The third kappa shape index (κ3) is 4.79. The first-order valence-electron chi connectivity index (χ1n) is 6.24. The molecule has 1 heterocycles. The molecule has 19 heavy (non-hydrogen) atoms. The molecule has 5 nitrogen and oxygen atoms in total. The van der Waals surface area contributed by atoms with Crippen LogP contribution in [0.25, 0.3) is 0 Å². The third-order valence-electron chi connectivity index (χ3n) is 2.85. The number of nitrogens with zero attached hydrogens (tertiary/aromatic N) is 3. The molecule has 0 aromatic carbocycles. The van der Waals surface area contributed by atoms with Gasteiger partial charge in [-0.25, -0.2) is 0 Å². The molecule has 0 saturated heterocycles. The molecule has 0 spiro atoms. The predicted molar refractivity (Wildman–Crippen MR) is 61.5 cm³/mol. The van der Waals surface area contributed by atoms with E-state index in [0.717, 1.165) is 12.8 Å². The van der Waals surface area contributed by atoms with Crippen molar-refractivity contribution in [2.45, 2.75) is 31.5 Å². The number of halogens is 3. The smallest absolute Gasteiger partial charge is 0.401 e. The summed E-state index contributed by atoms with van der Waals surface area (Å²) in [4.78, 5) is 1.25. The Morgan fingerprint density at radius 3 is 2.68 bits per heavy atom. The van der Waals surface area contributed by atoms with E-state index >= 15 is 0 Å². The zero-order valence-electron chi connectivity index (χ0n) is 10.7. The number of hydrogen-bond donors (Lipinski definition) is 1. The average Bonchev–Trinajstić information content (AvgIpc) is 3.06. The molecule has 1 aliphatic rings. The normalized spacial score (nSPS) is 16.3. The van der Waals surface area contributed by atoms with Gasteiger partial charge in [-0.3, -0.25) is 4.90 Å². The fourth-order valence-electron chi connectivity index (χ4n) is 1.75. The second-order valence-electron chi connectivity index (χ2n) is 4.74. The van der Waals surface area contributed by atoms with E-state index in [0.29, 0.717) is 18.4 Å². The van der Waals surface area contributed by atoms with Crippen LogP contribution in [0.5, 0.6) is 0 Å². The van der Waals surface area contributed by atoms with Crippen molar-refractivity contribution in [1.29, 1.82) is 0 Å². The zero-order chi connectivity index (χ0) is 13.9. The van der Waals surface area contributed by atoms with Crippen molar-refractivity contribution < 1.29 is 17.6 Å². The monoisotopic (exact) mass is 278 g/mol. The van der Waals surface area contributed by atoms with E-state index < -0.39 is 12.7 Å². The molecular formula is C11H17F3N4O. The van der Waals surface area contributed by atoms with Crippen LogP contribution in [0.3, 0.4) is 0 Å². The zero-order valence-corrected chi connectivity index (χ0v) is 10.7. The van der Waals surface area contributed by atoms with Gasteiger partial charge in [0, 0.05) is 19.0 Å². The van der Waals surface area contributed by atoms with Crippen molar-refractivity contribution in [2.75, 3.05) is 26.7 Å². The standard InChI is InChI=1S/C11H17F3N4O/c1-15-4-5-18(7-11(12,13)14)6-9-16-17-10(19-9)8-2-3-8/h8,15H,2-7H2,1H3. The highest BCUT2D eigenvalue weighted by atomic mass is 19.4. The summed E-state index contributed by atoms with van der Waals surface area (Å²) in [6.45, 7) is -0.201. The fraction of sp³-hybridized carbons (Fsp3) is 0.818. The van der Waals surface area contributed by atoms with Crippen LogP contribution in [-0.4, -0.2) is 48.0 Å². The van der Waals surface area contributed by atoms with Gasteiger partial charge in [0.2, 0.25) is 11.8 Å². The Morgan fingerprint density at radius 1 is 1.37 bits per heavy atom. The summed E-state index contributed by atoms with van der Waals surface area (Å²) in [5.41, 5.74) is 0. The SMILES string of the molecule is CNCCN(Cc1nnc(C2CC2)o1)CC(F)(F)F. The van der Waals surface area contributed by atoms with Crippen LogP contribution in [0, 0.1) is 0 Å². The van der Waals surface area contributed by atoms with Crippen LogP contribution >= 0.6 is 0 Å². The highest BCUT2D eigenvalue weighted by Gasteiger charge is 2.32. The summed E-state index contributed by atoms with van der Waals surface area (Å²) in [6, 6.07) is 0. The Morgan fingerprint density at radius 2 is 2.11 bits per heavy atom. The Balaban J connectivity index is 1.92. The molecule has 0 amide bonds. The number of likely N-dealkylation sites (N-methyl/N-ethyl adjacent to an activating group) is 1. The van der Waals surface area contributed by atoms with Crippen LogP contribution in [0.15, 0.2) is 4.42 Å². The molecule has 0 unspecified atom stereocenters. The first kappa shape index (κ1) is 14.3. The van der Waals surface area contributed by atoms with Crippen LogP contribution in [-0.2, 0) is 6.54 Å². The van der Waals surface area contributed by atoms with Crippen molar-refractivity contribution in [3.8, 4) is 0 Å². The second kappa shape index (κ2) is 5.87. The van der Waals surface area contributed by atoms with Crippen LogP contribution in [0.2, 0.25) is 0 Å². The summed E-state index contributed by atoms with van der Waals surface area (Å²) in [5, 5.41) is 10.5. The van der Waals surface area contributed by atoms with Crippen molar-refractivity contribution >= 4 is 0 Å². The number of nitrogens with one attached hydrogen (secondary N) is 1. The first-order chi connectivity index (χ1) is 8.98. The quantitative estimate of drug-likeness (QED) is 0.819. The molecule has 0 bridgehead atoms. The van der Waals surface area contributed by atoms with Gasteiger partial charge in [-0.15, -0.1) is 10.2 Å². The Labute approximate surface area is 109 Å². The minimum absolute atomic E-state index is 0.0287. The van der Waals surface area contributed by atoms with E-state index in [1.807, 2.05) is 0 Å². The third-order valence-corrected chi connectivity index (χ3v) is 2.85. The lowest BCUT2D eigenvalue weighted by molar-refractivity contribution is -0.147. The lowest BCUT2D eigenvalue weighted by Gasteiger charge is -2.21. The molecule has 1 fully saturated rings. The Bertz CT molecular complexity index is 403. The summed E-state index contributed by atoms with van der Waals surface area (Å²) >= 11 is 0. The van der Waals surface area contributed by atoms with Gasteiger partial charge in [0.15, 0.2) is 0 Å². The van der Waals surface area contributed by atoms with Gasteiger partial charge in [-0.05, 0) is 19.9 Å². The van der Waals surface area contributed by atoms with Crippen molar-refractivity contribution in [2.24, 2.45) is 0 Å². The summed E-state index contributed by atoms with van der Waals surface area (Å²) in [6.07, 6.45) is -2.19. The minimum Gasteiger partial charge on any atom is -0.424 e. The Hall–Kier alpha value is -1.15. The van der Waals surface area contributed by atoms with Crippen LogP contribution in [0.4, 0.5) is 13.2 Å². The maximum atomic E-state index is 12.5. The van der Waals surface area contributed by atoms with Gasteiger partial charge in [-0.2, -0.15) is 13.2 Å². The van der Waals surface area contributed by atoms with E-state index in [4.69, 9.17) is 4.42 Å². The molecule has 1 aliphatic carbocycles. The summed E-state index contributed by atoms with van der Waals surface area (Å²) < 4.78 is 42.7. The van der Waals surface area contributed by atoms with Gasteiger partial charge in [0.05, 0.1) is 13.1 Å². The molecule has 1 aromatic heterocycles. The van der Waals surface area contributed by atoms with E-state index in [1.165, 1.54) is 4.90 Å². The lowest BCUT2D eigenvalue weighted by Crippen LogP contribution is -2.37. The van der Waals surface area contributed by atoms with Crippen LogP contribution in [0.1, 0.15) is 30.5 Å². The van der Waals surface area contributed by atoms with Gasteiger partial charge >= 0.3 is 6.18 Å². The van der Waals surface area contributed by atoms with E-state index in [9.17, 15) is 13.2 Å². The van der Waals surface area contributed by atoms with E-state index in [-0.39, 0.29) is 19.0 Å². The lowest BCUT2D eigenvalue weighted by atomic mass is 10.4.